The molecule has 130 valence electrons. The summed E-state index contributed by atoms with van der Waals surface area (Å²) in [5, 5.41) is 21.0. The zero-order valence-electron chi connectivity index (χ0n) is 14.2. The van der Waals surface area contributed by atoms with E-state index in [0.29, 0.717) is 17.2 Å². The van der Waals surface area contributed by atoms with Crippen LogP contribution in [-0.2, 0) is 4.74 Å². The molecular weight excluding hydrogens is 316 g/mol. The summed E-state index contributed by atoms with van der Waals surface area (Å²) in [7, 11) is 1.33. The van der Waals surface area contributed by atoms with Crippen molar-refractivity contribution in [3.63, 3.8) is 0 Å². The number of phenols is 1. The molecule has 1 aliphatic carbocycles. The number of carbonyl (C=O) groups is 1. The molecule has 25 heavy (non-hydrogen) atoms. The number of carbonyl (C=O) groups excluding carboxylic acids is 1. The SMILES string of the molecule is COC(=O)c1cc(-c2cccc(O)c2)cc(NC2CCCC2)c1C=N. The second-order valence-corrected chi connectivity index (χ2v) is 6.30. The molecule has 0 aliphatic heterocycles. The minimum Gasteiger partial charge on any atom is -0.508 e. The van der Waals surface area contributed by atoms with Crippen LogP contribution in [0.25, 0.3) is 11.1 Å². The lowest BCUT2D eigenvalue weighted by molar-refractivity contribution is 0.0600. The minimum absolute atomic E-state index is 0.165. The maximum Gasteiger partial charge on any atom is 0.338 e. The van der Waals surface area contributed by atoms with E-state index in [9.17, 15) is 9.90 Å². The zero-order chi connectivity index (χ0) is 17.8. The molecule has 1 fully saturated rings. The molecule has 0 bridgehead atoms. The van der Waals surface area contributed by atoms with Crippen LogP contribution < -0.4 is 5.32 Å². The Hall–Kier alpha value is -2.82. The first kappa shape index (κ1) is 17.0. The van der Waals surface area contributed by atoms with Crippen LogP contribution >= 0.6 is 0 Å². The molecule has 2 aromatic rings. The number of hydrogen-bond acceptors (Lipinski definition) is 5. The molecule has 1 saturated carbocycles. The van der Waals surface area contributed by atoms with Crippen LogP contribution in [0.2, 0.25) is 0 Å². The number of benzene rings is 2. The number of anilines is 1. The molecule has 0 spiro atoms. The molecule has 1 aliphatic rings. The highest BCUT2D eigenvalue weighted by Gasteiger charge is 2.20. The van der Waals surface area contributed by atoms with E-state index in [1.54, 1.807) is 24.3 Å². The quantitative estimate of drug-likeness (QED) is 0.564. The fourth-order valence-electron chi connectivity index (χ4n) is 3.35. The molecule has 0 unspecified atom stereocenters. The molecule has 0 radical (unpaired) electrons. The van der Waals surface area contributed by atoms with Crippen molar-refractivity contribution in [2.75, 3.05) is 12.4 Å². The number of esters is 1. The highest BCUT2D eigenvalue weighted by atomic mass is 16.5. The largest absolute Gasteiger partial charge is 0.508 e. The molecule has 5 heteroatoms. The van der Waals surface area contributed by atoms with E-state index in [4.69, 9.17) is 10.1 Å². The summed E-state index contributed by atoms with van der Waals surface area (Å²) in [6.45, 7) is 0. The zero-order valence-corrected chi connectivity index (χ0v) is 14.2. The van der Waals surface area contributed by atoms with Gasteiger partial charge in [0.05, 0.1) is 12.7 Å². The fraction of sp³-hybridized carbons (Fsp3) is 0.300. The van der Waals surface area contributed by atoms with Crippen molar-refractivity contribution in [2.45, 2.75) is 31.7 Å². The average molecular weight is 338 g/mol. The lowest BCUT2D eigenvalue weighted by Crippen LogP contribution is -2.17. The van der Waals surface area contributed by atoms with Crippen LogP contribution in [0, 0.1) is 5.41 Å². The van der Waals surface area contributed by atoms with Crippen molar-refractivity contribution in [3.8, 4) is 16.9 Å². The van der Waals surface area contributed by atoms with Crippen LogP contribution in [0.5, 0.6) is 5.75 Å². The van der Waals surface area contributed by atoms with Crippen LogP contribution in [0.15, 0.2) is 36.4 Å². The highest BCUT2D eigenvalue weighted by Crippen LogP contribution is 2.32. The fourth-order valence-corrected chi connectivity index (χ4v) is 3.35. The van der Waals surface area contributed by atoms with Gasteiger partial charge in [0.25, 0.3) is 0 Å². The van der Waals surface area contributed by atoms with Gasteiger partial charge in [0.2, 0.25) is 0 Å². The number of methoxy groups -OCH3 is 1. The molecule has 0 aromatic heterocycles. The summed E-state index contributed by atoms with van der Waals surface area (Å²) >= 11 is 0. The number of hydrogen-bond donors (Lipinski definition) is 3. The molecule has 0 atom stereocenters. The topological polar surface area (TPSA) is 82.4 Å². The van der Waals surface area contributed by atoms with Gasteiger partial charge >= 0.3 is 5.97 Å². The Morgan fingerprint density at radius 2 is 2.00 bits per heavy atom. The van der Waals surface area contributed by atoms with Gasteiger partial charge in [-0.05, 0) is 48.2 Å². The summed E-state index contributed by atoms with van der Waals surface area (Å²) in [6.07, 6.45) is 5.74. The Balaban J connectivity index is 2.11. The first-order chi connectivity index (χ1) is 12.1. The van der Waals surface area contributed by atoms with E-state index in [-0.39, 0.29) is 5.75 Å². The predicted molar refractivity (Wildman–Crippen MR) is 98.6 cm³/mol. The first-order valence-electron chi connectivity index (χ1n) is 8.45. The van der Waals surface area contributed by atoms with E-state index < -0.39 is 5.97 Å². The Bertz CT molecular complexity index is 796. The van der Waals surface area contributed by atoms with Gasteiger partial charge in [-0.3, -0.25) is 0 Å². The van der Waals surface area contributed by atoms with E-state index in [0.717, 1.165) is 29.7 Å². The second-order valence-electron chi connectivity index (χ2n) is 6.30. The van der Waals surface area contributed by atoms with Gasteiger partial charge in [-0.2, -0.15) is 0 Å². The molecule has 5 nitrogen and oxygen atoms in total. The summed E-state index contributed by atoms with van der Waals surface area (Å²) in [6, 6.07) is 10.9. The van der Waals surface area contributed by atoms with Gasteiger partial charge in [-0.15, -0.1) is 0 Å². The first-order valence-corrected chi connectivity index (χ1v) is 8.45. The lowest BCUT2D eigenvalue weighted by Gasteiger charge is -2.19. The monoisotopic (exact) mass is 338 g/mol. The third-order valence-corrected chi connectivity index (χ3v) is 4.62. The van der Waals surface area contributed by atoms with Crippen molar-refractivity contribution >= 4 is 17.9 Å². The molecule has 2 aromatic carbocycles. The van der Waals surface area contributed by atoms with Crippen molar-refractivity contribution in [3.05, 3.63) is 47.5 Å². The van der Waals surface area contributed by atoms with Crippen molar-refractivity contribution in [1.82, 2.24) is 0 Å². The minimum atomic E-state index is -0.477. The molecular formula is C20H22N2O3. The van der Waals surface area contributed by atoms with E-state index >= 15 is 0 Å². The normalized spacial score (nSPS) is 14.3. The average Bonchev–Trinajstić information content (AvgIpc) is 3.13. The second kappa shape index (κ2) is 7.38. The smallest absolute Gasteiger partial charge is 0.338 e. The van der Waals surface area contributed by atoms with Gasteiger partial charge in [0, 0.05) is 23.5 Å². The van der Waals surface area contributed by atoms with Gasteiger partial charge < -0.3 is 20.6 Å². The highest BCUT2D eigenvalue weighted by molar-refractivity contribution is 6.04. The molecule has 0 saturated heterocycles. The molecule has 0 amide bonds. The number of phenolic OH excluding ortho intramolecular Hbond substituents is 1. The van der Waals surface area contributed by atoms with E-state index in [1.165, 1.54) is 26.2 Å². The van der Waals surface area contributed by atoms with Gasteiger partial charge in [0.15, 0.2) is 0 Å². The third kappa shape index (κ3) is 3.65. The third-order valence-electron chi connectivity index (χ3n) is 4.62. The number of rotatable bonds is 5. The van der Waals surface area contributed by atoms with E-state index in [1.807, 2.05) is 12.1 Å². The summed E-state index contributed by atoms with van der Waals surface area (Å²) in [4.78, 5) is 12.2. The van der Waals surface area contributed by atoms with Crippen LogP contribution in [0.4, 0.5) is 5.69 Å². The number of nitrogens with one attached hydrogen (secondary N) is 2. The van der Waals surface area contributed by atoms with Crippen LogP contribution in [0.3, 0.4) is 0 Å². The summed E-state index contributed by atoms with van der Waals surface area (Å²) in [5.41, 5.74) is 3.23. The van der Waals surface area contributed by atoms with Crippen molar-refractivity contribution in [1.29, 1.82) is 5.41 Å². The Morgan fingerprint density at radius 3 is 2.64 bits per heavy atom. The van der Waals surface area contributed by atoms with Crippen molar-refractivity contribution < 1.29 is 14.6 Å². The van der Waals surface area contributed by atoms with Gasteiger partial charge in [0.1, 0.15) is 5.75 Å². The lowest BCUT2D eigenvalue weighted by atomic mass is 9.97. The van der Waals surface area contributed by atoms with Gasteiger partial charge in [-0.25, -0.2) is 4.79 Å². The standard InChI is InChI=1S/C20H22N2O3/c1-25-20(24)17-10-14(13-5-4-8-16(23)9-13)11-19(18(17)12-21)22-15-6-2-3-7-15/h4-5,8-12,15,21-23H,2-3,6-7H2,1H3. The van der Waals surface area contributed by atoms with Gasteiger partial charge in [-0.1, -0.05) is 25.0 Å². The Morgan fingerprint density at radius 1 is 1.24 bits per heavy atom. The van der Waals surface area contributed by atoms with Crippen LogP contribution in [0.1, 0.15) is 41.6 Å². The summed E-state index contributed by atoms with van der Waals surface area (Å²) < 4.78 is 4.90. The van der Waals surface area contributed by atoms with Crippen molar-refractivity contribution in [2.24, 2.45) is 0 Å². The van der Waals surface area contributed by atoms with E-state index in [2.05, 4.69) is 5.32 Å². The van der Waals surface area contributed by atoms with Crippen LogP contribution in [-0.4, -0.2) is 30.4 Å². The maximum atomic E-state index is 12.2. The predicted octanol–water partition coefficient (Wildman–Crippen LogP) is 4.20. The Labute approximate surface area is 147 Å². The summed E-state index contributed by atoms with van der Waals surface area (Å²) in [5.74, 6) is -0.312. The number of aromatic hydroxyl groups is 1. The molecule has 3 rings (SSSR count). The number of ether oxygens (including phenoxy) is 1. The maximum absolute atomic E-state index is 12.2. The molecule has 0 heterocycles. The molecule has 3 N–H and O–H groups in total. The Kier molecular flexibility index (Phi) is 5.03.